The first-order chi connectivity index (χ1) is 6.06. The van der Waals surface area contributed by atoms with Crippen molar-refractivity contribution >= 4 is 11.9 Å². The summed E-state index contributed by atoms with van der Waals surface area (Å²) < 4.78 is 4.59. The second-order valence-corrected chi connectivity index (χ2v) is 3.55. The number of ether oxygens (including phenoxy) is 1. The number of hydrogen-bond donors (Lipinski definition) is 0. The smallest absolute Gasteiger partial charge is 0.313 e. The van der Waals surface area contributed by atoms with Gasteiger partial charge in [0, 0.05) is 12.8 Å². The standard InChI is InChI=1S/C10H18O3/c1-4-5-6-9(11)13-10(12)7-8(2)3/h8H,4-7H2,1-3H3. The maximum atomic E-state index is 11.0. The molecule has 0 amide bonds. The summed E-state index contributed by atoms with van der Waals surface area (Å²) in [5.41, 5.74) is 0. The summed E-state index contributed by atoms with van der Waals surface area (Å²) in [5.74, 6) is -0.560. The number of hydrogen-bond acceptors (Lipinski definition) is 3. The van der Waals surface area contributed by atoms with Gasteiger partial charge in [-0.15, -0.1) is 0 Å². The highest BCUT2D eigenvalue weighted by atomic mass is 16.6. The number of unbranched alkanes of at least 4 members (excludes halogenated alkanes) is 1. The highest BCUT2D eigenvalue weighted by Gasteiger charge is 2.10. The Kier molecular flexibility index (Phi) is 6.20. The molecule has 0 rings (SSSR count). The van der Waals surface area contributed by atoms with E-state index in [0.717, 1.165) is 12.8 Å². The van der Waals surface area contributed by atoms with Crippen LogP contribution in [-0.2, 0) is 14.3 Å². The summed E-state index contributed by atoms with van der Waals surface area (Å²) in [6, 6.07) is 0. The Morgan fingerprint density at radius 1 is 1.23 bits per heavy atom. The molecule has 0 aliphatic rings. The third-order valence-corrected chi connectivity index (χ3v) is 1.54. The zero-order valence-corrected chi connectivity index (χ0v) is 8.63. The van der Waals surface area contributed by atoms with E-state index in [1.165, 1.54) is 0 Å². The second-order valence-electron chi connectivity index (χ2n) is 3.55. The van der Waals surface area contributed by atoms with E-state index in [-0.39, 0.29) is 5.92 Å². The van der Waals surface area contributed by atoms with E-state index in [1.54, 1.807) is 0 Å². The zero-order chi connectivity index (χ0) is 10.3. The van der Waals surface area contributed by atoms with Crippen LogP contribution in [0.5, 0.6) is 0 Å². The molecule has 0 radical (unpaired) electrons. The van der Waals surface area contributed by atoms with Crippen molar-refractivity contribution in [1.82, 2.24) is 0 Å². The first-order valence-corrected chi connectivity index (χ1v) is 4.79. The first-order valence-electron chi connectivity index (χ1n) is 4.79. The van der Waals surface area contributed by atoms with Gasteiger partial charge in [0.25, 0.3) is 0 Å². The molecule has 13 heavy (non-hydrogen) atoms. The van der Waals surface area contributed by atoms with E-state index in [4.69, 9.17) is 0 Å². The molecule has 0 fully saturated rings. The van der Waals surface area contributed by atoms with Gasteiger partial charge in [-0.1, -0.05) is 27.2 Å². The third-order valence-electron chi connectivity index (χ3n) is 1.54. The maximum absolute atomic E-state index is 11.0. The SMILES string of the molecule is CCCCC(=O)OC(=O)CC(C)C. The Bertz CT molecular complexity index is 173. The fourth-order valence-corrected chi connectivity index (χ4v) is 0.874. The van der Waals surface area contributed by atoms with E-state index < -0.39 is 11.9 Å². The lowest BCUT2D eigenvalue weighted by atomic mass is 10.1. The molecule has 0 unspecified atom stereocenters. The molecule has 76 valence electrons. The Hall–Kier alpha value is -0.860. The number of carbonyl (C=O) groups is 2. The van der Waals surface area contributed by atoms with E-state index in [9.17, 15) is 9.59 Å². The van der Waals surface area contributed by atoms with Crippen LogP contribution in [0.4, 0.5) is 0 Å². The Morgan fingerprint density at radius 2 is 1.85 bits per heavy atom. The summed E-state index contributed by atoms with van der Waals surface area (Å²) in [6.07, 6.45) is 2.39. The highest BCUT2D eigenvalue weighted by molar-refractivity contribution is 5.85. The van der Waals surface area contributed by atoms with Gasteiger partial charge in [-0.2, -0.15) is 0 Å². The van der Waals surface area contributed by atoms with Crippen LogP contribution in [0.2, 0.25) is 0 Å². The third kappa shape index (κ3) is 7.50. The normalized spacial score (nSPS) is 10.2. The lowest BCUT2D eigenvalue weighted by molar-refractivity contribution is -0.160. The van der Waals surface area contributed by atoms with Crippen LogP contribution in [0, 0.1) is 5.92 Å². The summed E-state index contributed by atoms with van der Waals surface area (Å²) in [7, 11) is 0. The van der Waals surface area contributed by atoms with Crippen LogP contribution in [0.25, 0.3) is 0 Å². The van der Waals surface area contributed by atoms with Gasteiger partial charge in [0.2, 0.25) is 0 Å². The van der Waals surface area contributed by atoms with E-state index in [0.29, 0.717) is 12.8 Å². The quantitative estimate of drug-likeness (QED) is 0.488. The lowest BCUT2D eigenvalue weighted by Gasteiger charge is -2.03. The Labute approximate surface area is 79.5 Å². The predicted octanol–water partition coefficient (Wildman–Crippen LogP) is 2.29. The van der Waals surface area contributed by atoms with Crippen LogP contribution in [0.3, 0.4) is 0 Å². The number of esters is 2. The van der Waals surface area contributed by atoms with Gasteiger partial charge in [0.1, 0.15) is 0 Å². The van der Waals surface area contributed by atoms with Gasteiger partial charge in [-0.25, -0.2) is 0 Å². The topological polar surface area (TPSA) is 43.4 Å². The zero-order valence-electron chi connectivity index (χ0n) is 8.63. The summed E-state index contributed by atoms with van der Waals surface area (Å²) >= 11 is 0. The van der Waals surface area contributed by atoms with Crippen molar-refractivity contribution in [2.24, 2.45) is 5.92 Å². The van der Waals surface area contributed by atoms with Crippen LogP contribution in [0.1, 0.15) is 46.5 Å². The van der Waals surface area contributed by atoms with Gasteiger partial charge in [0.05, 0.1) is 0 Å². The van der Waals surface area contributed by atoms with Gasteiger partial charge >= 0.3 is 11.9 Å². The largest absolute Gasteiger partial charge is 0.393 e. The average Bonchev–Trinajstić information content (AvgIpc) is 1.98. The summed E-state index contributed by atoms with van der Waals surface area (Å²) in [5, 5.41) is 0. The van der Waals surface area contributed by atoms with Crippen LogP contribution >= 0.6 is 0 Å². The molecular formula is C10H18O3. The summed E-state index contributed by atoms with van der Waals surface area (Å²) in [6.45, 7) is 5.82. The molecule has 0 spiro atoms. The molecule has 0 aliphatic carbocycles. The minimum atomic E-state index is -0.406. The van der Waals surface area contributed by atoms with Gasteiger partial charge in [-0.05, 0) is 12.3 Å². The molecule has 0 heterocycles. The molecule has 0 aromatic carbocycles. The van der Waals surface area contributed by atoms with Crippen LogP contribution in [-0.4, -0.2) is 11.9 Å². The maximum Gasteiger partial charge on any atom is 0.313 e. The molecule has 0 saturated heterocycles. The van der Waals surface area contributed by atoms with Crippen molar-refractivity contribution in [3.05, 3.63) is 0 Å². The molecular weight excluding hydrogens is 168 g/mol. The molecule has 0 saturated carbocycles. The molecule has 0 N–H and O–H groups in total. The van der Waals surface area contributed by atoms with Gasteiger partial charge < -0.3 is 4.74 Å². The van der Waals surface area contributed by atoms with Crippen LogP contribution in [0.15, 0.2) is 0 Å². The van der Waals surface area contributed by atoms with Crippen molar-refractivity contribution in [2.75, 3.05) is 0 Å². The first kappa shape index (κ1) is 12.1. The molecule has 3 heteroatoms. The van der Waals surface area contributed by atoms with Crippen molar-refractivity contribution in [1.29, 1.82) is 0 Å². The minimum absolute atomic E-state index is 0.242. The molecule has 0 atom stereocenters. The fraction of sp³-hybridized carbons (Fsp3) is 0.800. The molecule has 0 aromatic heterocycles. The monoisotopic (exact) mass is 186 g/mol. The van der Waals surface area contributed by atoms with Gasteiger partial charge in [-0.3, -0.25) is 9.59 Å². The van der Waals surface area contributed by atoms with Crippen molar-refractivity contribution in [3.63, 3.8) is 0 Å². The van der Waals surface area contributed by atoms with Crippen molar-refractivity contribution in [2.45, 2.75) is 46.5 Å². The minimum Gasteiger partial charge on any atom is -0.393 e. The number of rotatable bonds is 5. The average molecular weight is 186 g/mol. The fourth-order valence-electron chi connectivity index (χ4n) is 0.874. The molecule has 3 nitrogen and oxygen atoms in total. The van der Waals surface area contributed by atoms with Gasteiger partial charge in [0.15, 0.2) is 0 Å². The Morgan fingerprint density at radius 3 is 2.31 bits per heavy atom. The van der Waals surface area contributed by atoms with E-state index >= 15 is 0 Å². The van der Waals surface area contributed by atoms with E-state index in [2.05, 4.69) is 4.74 Å². The molecule has 0 bridgehead atoms. The molecule has 0 aromatic rings. The second kappa shape index (κ2) is 6.63. The molecule has 0 aliphatic heterocycles. The van der Waals surface area contributed by atoms with Crippen molar-refractivity contribution < 1.29 is 14.3 Å². The summed E-state index contributed by atoms with van der Waals surface area (Å²) in [4.78, 5) is 21.9. The Balaban J connectivity index is 3.59. The predicted molar refractivity (Wildman–Crippen MR) is 50.1 cm³/mol. The highest BCUT2D eigenvalue weighted by Crippen LogP contribution is 2.03. The van der Waals surface area contributed by atoms with Crippen LogP contribution < -0.4 is 0 Å². The van der Waals surface area contributed by atoms with E-state index in [1.807, 2.05) is 20.8 Å². The lowest BCUT2D eigenvalue weighted by Crippen LogP contribution is -2.13. The van der Waals surface area contributed by atoms with Crippen molar-refractivity contribution in [3.8, 4) is 0 Å². The number of carbonyl (C=O) groups excluding carboxylic acids is 2.